The van der Waals surface area contributed by atoms with Crippen LogP contribution in [0.5, 0.6) is 0 Å². The highest BCUT2D eigenvalue weighted by atomic mass is 15.3. The first-order chi connectivity index (χ1) is 5.61. The Labute approximate surface area is 75.1 Å². The molecular weight excluding hydrogens is 148 g/mol. The molecule has 2 heteroatoms. The molecule has 0 aromatic carbocycles. The molecule has 2 N–H and O–H groups in total. The molecule has 1 aliphatic heterocycles. The summed E-state index contributed by atoms with van der Waals surface area (Å²) in [5.41, 5.74) is 6.66. The van der Waals surface area contributed by atoms with Crippen molar-refractivity contribution in [2.75, 3.05) is 13.1 Å². The molecule has 12 heavy (non-hydrogen) atoms. The summed E-state index contributed by atoms with van der Waals surface area (Å²) in [4.78, 5) is 2.65. The summed E-state index contributed by atoms with van der Waals surface area (Å²) < 4.78 is 0. The largest absolute Gasteiger partial charge is 0.329 e. The fourth-order valence-corrected chi connectivity index (χ4v) is 2.72. The summed E-state index contributed by atoms with van der Waals surface area (Å²) >= 11 is 0. The molecule has 1 heterocycles. The van der Waals surface area contributed by atoms with Gasteiger partial charge in [-0.05, 0) is 46.1 Å². The van der Waals surface area contributed by atoms with E-state index in [4.69, 9.17) is 5.73 Å². The summed E-state index contributed by atoms with van der Waals surface area (Å²) in [7, 11) is 0. The van der Waals surface area contributed by atoms with Crippen LogP contribution in [-0.4, -0.2) is 29.1 Å². The van der Waals surface area contributed by atoms with Gasteiger partial charge in [0.2, 0.25) is 0 Å². The highest BCUT2D eigenvalue weighted by Crippen LogP contribution is 2.47. The predicted molar refractivity (Wildman–Crippen MR) is 51.0 cm³/mol. The molecule has 2 rings (SSSR count). The van der Waals surface area contributed by atoms with Crippen LogP contribution in [0.3, 0.4) is 0 Å². The Morgan fingerprint density at radius 1 is 1.25 bits per heavy atom. The van der Waals surface area contributed by atoms with Gasteiger partial charge in [-0.15, -0.1) is 0 Å². The van der Waals surface area contributed by atoms with Crippen LogP contribution in [0.15, 0.2) is 0 Å². The zero-order valence-electron chi connectivity index (χ0n) is 8.27. The molecule has 0 bridgehead atoms. The van der Waals surface area contributed by atoms with E-state index in [9.17, 15) is 0 Å². The first-order valence-electron chi connectivity index (χ1n) is 5.09. The first kappa shape index (κ1) is 8.52. The summed E-state index contributed by atoms with van der Waals surface area (Å²) in [6.07, 6.45) is 5.35. The van der Waals surface area contributed by atoms with Crippen molar-refractivity contribution in [1.29, 1.82) is 0 Å². The molecule has 1 saturated carbocycles. The molecule has 0 atom stereocenters. The van der Waals surface area contributed by atoms with Crippen molar-refractivity contribution in [3.8, 4) is 0 Å². The molecule has 2 nitrogen and oxygen atoms in total. The van der Waals surface area contributed by atoms with Gasteiger partial charge in [-0.1, -0.05) is 0 Å². The maximum absolute atomic E-state index is 5.83. The summed E-state index contributed by atoms with van der Waals surface area (Å²) in [6, 6.07) is 0. The molecule has 70 valence electrons. The normalized spacial score (nSPS) is 32.2. The summed E-state index contributed by atoms with van der Waals surface area (Å²) in [6.45, 7) is 6.84. The van der Waals surface area contributed by atoms with E-state index < -0.39 is 0 Å². The topological polar surface area (TPSA) is 29.3 Å². The van der Waals surface area contributed by atoms with Crippen LogP contribution in [0.2, 0.25) is 0 Å². The van der Waals surface area contributed by atoms with Crippen LogP contribution < -0.4 is 5.73 Å². The maximum Gasteiger partial charge on any atom is 0.0338 e. The number of likely N-dealkylation sites (tertiary alicyclic amines) is 1. The average molecular weight is 168 g/mol. The van der Waals surface area contributed by atoms with E-state index in [0.29, 0.717) is 11.1 Å². The molecule has 0 amide bonds. The van der Waals surface area contributed by atoms with Crippen LogP contribution in [0, 0.1) is 0 Å². The van der Waals surface area contributed by atoms with Crippen molar-refractivity contribution in [3.63, 3.8) is 0 Å². The number of nitrogens with two attached hydrogens (primary N) is 1. The third-order valence-electron chi connectivity index (χ3n) is 3.68. The SMILES string of the molecule is CC1(C)CCCN1C1(CN)CC1. The highest BCUT2D eigenvalue weighted by molar-refractivity contribution is 5.10. The van der Waals surface area contributed by atoms with E-state index in [2.05, 4.69) is 18.7 Å². The van der Waals surface area contributed by atoms with Gasteiger partial charge in [0.1, 0.15) is 0 Å². The third-order valence-corrected chi connectivity index (χ3v) is 3.68. The quantitative estimate of drug-likeness (QED) is 0.674. The minimum absolute atomic E-state index is 0.413. The monoisotopic (exact) mass is 168 g/mol. The van der Waals surface area contributed by atoms with Gasteiger partial charge in [-0.2, -0.15) is 0 Å². The lowest BCUT2D eigenvalue weighted by atomic mass is 10.00. The zero-order chi connectivity index (χ0) is 8.82. The number of hydrogen-bond donors (Lipinski definition) is 1. The van der Waals surface area contributed by atoms with Gasteiger partial charge in [-0.3, -0.25) is 4.90 Å². The fraction of sp³-hybridized carbons (Fsp3) is 1.00. The van der Waals surface area contributed by atoms with E-state index in [1.165, 1.54) is 32.2 Å². The lowest BCUT2D eigenvalue weighted by Gasteiger charge is -2.38. The van der Waals surface area contributed by atoms with Gasteiger partial charge >= 0.3 is 0 Å². The Balaban J connectivity index is 2.13. The first-order valence-corrected chi connectivity index (χ1v) is 5.09. The molecular formula is C10H20N2. The van der Waals surface area contributed by atoms with Gasteiger partial charge < -0.3 is 5.73 Å². The summed E-state index contributed by atoms with van der Waals surface area (Å²) in [5, 5.41) is 0. The van der Waals surface area contributed by atoms with Gasteiger partial charge in [0.15, 0.2) is 0 Å². The minimum Gasteiger partial charge on any atom is -0.329 e. The number of rotatable bonds is 2. The van der Waals surface area contributed by atoms with Crippen LogP contribution in [0.25, 0.3) is 0 Å². The van der Waals surface area contributed by atoms with Crippen LogP contribution in [-0.2, 0) is 0 Å². The van der Waals surface area contributed by atoms with Gasteiger partial charge in [-0.25, -0.2) is 0 Å². The molecule has 0 unspecified atom stereocenters. The standard InChI is InChI=1S/C10H20N2/c1-9(2)4-3-7-12(9)10(8-11)5-6-10/h3-8,11H2,1-2H3. The molecule has 2 fully saturated rings. The Hall–Kier alpha value is -0.0800. The predicted octanol–water partition coefficient (Wildman–Crippen LogP) is 1.35. The molecule has 0 aromatic heterocycles. The smallest absolute Gasteiger partial charge is 0.0338 e. The Morgan fingerprint density at radius 2 is 1.92 bits per heavy atom. The second-order valence-electron chi connectivity index (χ2n) is 5.00. The molecule has 1 aliphatic carbocycles. The van der Waals surface area contributed by atoms with Crippen molar-refractivity contribution < 1.29 is 0 Å². The van der Waals surface area contributed by atoms with Crippen LogP contribution >= 0.6 is 0 Å². The molecule has 0 aromatic rings. The molecule has 2 aliphatic rings. The highest BCUT2D eigenvalue weighted by Gasteiger charge is 2.52. The molecule has 0 spiro atoms. The Morgan fingerprint density at radius 3 is 2.25 bits per heavy atom. The molecule has 0 radical (unpaired) electrons. The van der Waals surface area contributed by atoms with Crippen molar-refractivity contribution in [1.82, 2.24) is 4.90 Å². The van der Waals surface area contributed by atoms with Gasteiger partial charge in [0, 0.05) is 17.6 Å². The minimum atomic E-state index is 0.413. The van der Waals surface area contributed by atoms with Crippen LogP contribution in [0.4, 0.5) is 0 Å². The maximum atomic E-state index is 5.83. The lowest BCUT2D eigenvalue weighted by Crippen LogP contribution is -2.50. The van der Waals surface area contributed by atoms with E-state index in [1.54, 1.807) is 0 Å². The van der Waals surface area contributed by atoms with Crippen molar-refractivity contribution in [3.05, 3.63) is 0 Å². The second-order valence-corrected chi connectivity index (χ2v) is 5.00. The van der Waals surface area contributed by atoms with Gasteiger partial charge in [0.25, 0.3) is 0 Å². The lowest BCUT2D eigenvalue weighted by molar-refractivity contribution is 0.103. The number of nitrogens with zero attached hydrogens (tertiary/aromatic N) is 1. The van der Waals surface area contributed by atoms with Crippen molar-refractivity contribution in [2.45, 2.75) is 50.6 Å². The van der Waals surface area contributed by atoms with E-state index in [1.807, 2.05) is 0 Å². The fourth-order valence-electron chi connectivity index (χ4n) is 2.72. The van der Waals surface area contributed by atoms with Gasteiger partial charge in [0.05, 0.1) is 0 Å². The second kappa shape index (κ2) is 2.46. The third kappa shape index (κ3) is 1.09. The van der Waals surface area contributed by atoms with Crippen LogP contribution in [0.1, 0.15) is 39.5 Å². The Kier molecular flexibility index (Phi) is 1.74. The zero-order valence-corrected chi connectivity index (χ0v) is 8.27. The van der Waals surface area contributed by atoms with E-state index in [0.717, 1.165) is 6.54 Å². The Bertz CT molecular complexity index is 182. The summed E-state index contributed by atoms with van der Waals surface area (Å²) in [5.74, 6) is 0. The van der Waals surface area contributed by atoms with Crippen molar-refractivity contribution in [2.24, 2.45) is 5.73 Å². The molecule has 1 saturated heterocycles. The average Bonchev–Trinajstić information content (AvgIpc) is 2.72. The van der Waals surface area contributed by atoms with E-state index in [-0.39, 0.29) is 0 Å². The van der Waals surface area contributed by atoms with Crippen molar-refractivity contribution >= 4 is 0 Å². The number of hydrogen-bond acceptors (Lipinski definition) is 2. The van der Waals surface area contributed by atoms with E-state index >= 15 is 0 Å².